The first-order valence-corrected chi connectivity index (χ1v) is 7.56. The smallest absolute Gasteiger partial charge is 0.165 e. The number of hydrogen-bond donors (Lipinski definition) is 0. The van der Waals surface area contributed by atoms with E-state index >= 15 is 0 Å². The molecule has 1 unspecified atom stereocenters. The largest absolute Gasteiger partial charge is 0.300 e. The Kier molecular flexibility index (Phi) is 5.26. The van der Waals surface area contributed by atoms with E-state index in [1.54, 1.807) is 18.2 Å². The molecule has 2 rings (SSSR count). The van der Waals surface area contributed by atoms with Gasteiger partial charge < -0.3 is 4.90 Å². The molecule has 0 aliphatic carbocycles. The average Bonchev–Trinajstić information content (AvgIpc) is 2.40. The van der Waals surface area contributed by atoms with Crippen molar-refractivity contribution in [1.29, 1.82) is 0 Å². The summed E-state index contributed by atoms with van der Waals surface area (Å²) in [5.41, 5.74) is 0.541. The molecule has 2 nitrogen and oxygen atoms in total. The van der Waals surface area contributed by atoms with Gasteiger partial charge in [-0.3, -0.25) is 4.79 Å². The van der Waals surface area contributed by atoms with Gasteiger partial charge >= 0.3 is 0 Å². The lowest BCUT2D eigenvalue weighted by Gasteiger charge is -2.33. The van der Waals surface area contributed by atoms with Gasteiger partial charge in [-0.15, -0.1) is 0 Å². The molecule has 0 N–H and O–H groups in total. The maximum Gasteiger partial charge on any atom is 0.165 e. The minimum Gasteiger partial charge on any atom is -0.300 e. The monoisotopic (exact) mass is 299 g/mol. The maximum atomic E-state index is 12.2. The first kappa shape index (κ1) is 14.8. The van der Waals surface area contributed by atoms with Crippen LogP contribution in [0, 0.1) is 0 Å². The minimum atomic E-state index is 0.0743. The van der Waals surface area contributed by atoms with Crippen molar-refractivity contribution in [2.45, 2.75) is 38.6 Å². The van der Waals surface area contributed by atoms with E-state index in [9.17, 15) is 4.79 Å². The molecule has 0 spiro atoms. The molecule has 0 amide bonds. The van der Waals surface area contributed by atoms with Crippen molar-refractivity contribution in [3.05, 3.63) is 33.8 Å². The van der Waals surface area contributed by atoms with Crippen LogP contribution >= 0.6 is 23.2 Å². The molecule has 1 atom stereocenters. The Morgan fingerprint density at radius 3 is 2.89 bits per heavy atom. The molecular formula is C15H19Cl2NO. The van der Waals surface area contributed by atoms with Gasteiger partial charge in [0, 0.05) is 24.6 Å². The van der Waals surface area contributed by atoms with Crippen LogP contribution in [0.5, 0.6) is 0 Å². The second-order valence-electron chi connectivity index (χ2n) is 5.16. The topological polar surface area (TPSA) is 20.3 Å². The molecule has 104 valence electrons. The number of benzene rings is 1. The zero-order valence-electron chi connectivity index (χ0n) is 11.2. The fourth-order valence-electron chi connectivity index (χ4n) is 2.59. The van der Waals surface area contributed by atoms with E-state index in [1.807, 2.05) is 0 Å². The number of hydrogen-bond acceptors (Lipinski definition) is 2. The lowest BCUT2D eigenvalue weighted by atomic mass is 10.0. The molecule has 0 aromatic heterocycles. The van der Waals surface area contributed by atoms with Crippen LogP contribution in [0.25, 0.3) is 0 Å². The molecule has 0 saturated carbocycles. The summed E-state index contributed by atoms with van der Waals surface area (Å²) in [6.45, 7) is 4.14. The van der Waals surface area contributed by atoms with Crippen molar-refractivity contribution in [2.24, 2.45) is 0 Å². The molecule has 1 heterocycles. The maximum absolute atomic E-state index is 12.2. The molecule has 19 heavy (non-hydrogen) atoms. The average molecular weight is 300 g/mol. The molecule has 1 aromatic rings. The highest BCUT2D eigenvalue weighted by molar-refractivity contribution is 6.43. The second kappa shape index (κ2) is 6.74. The predicted molar refractivity (Wildman–Crippen MR) is 80.3 cm³/mol. The van der Waals surface area contributed by atoms with E-state index < -0.39 is 0 Å². The van der Waals surface area contributed by atoms with Gasteiger partial charge in [-0.2, -0.15) is 0 Å². The van der Waals surface area contributed by atoms with Gasteiger partial charge in [0.05, 0.1) is 10.0 Å². The molecule has 1 saturated heterocycles. The highest BCUT2D eigenvalue weighted by Crippen LogP contribution is 2.26. The van der Waals surface area contributed by atoms with E-state index in [0.717, 1.165) is 13.1 Å². The number of likely N-dealkylation sites (tertiary alicyclic amines) is 1. The van der Waals surface area contributed by atoms with Crippen molar-refractivity contribution in [2.75, 3.05) is 13.1 Å². The highest BCUT2D eigenvalue weighted by Gasteiger charge is 2.20. The van der Waals surface area contributed by atoms with Gasteiger partial charge in [-0.05, 0) is 38.4 Å². The van der Waals surface area contributed by atoms with Crippen LogP contribution in [0.15, 0.2) is 18.2 Å². The van der Waals surface area contributed by atoms with Crippen LogP contribution < -0.4 is 0 Å². The van der Waals surface area contributed by atoms with Crippen LogP contribution in [0.2, 0.25) is 10.0 Å². The predicted octanol–water partition coefficient (Wildman–Crippen LogP) is 4.44. The highest BCUT2D eigenvalue weighted by atomic mass is 35.5. The number of carbonyl (C=O) groups excluding carboxylic acids is 1. The number of carbonyl (C=O) groups is 1. The fraction of sp³-hybridized carbons (Fsp3) is 0.533. The molecule has 1 aromatic carbocycles. The van der Waals surface area contributed by atoms with Gasteiger partial charge in [0.15, 0.2) is 5.78 Å². The third kappa shape index (κ3) is 3.71. The van der Waals surface area contributed by atoms with Gasteiger partial charge in [0.25, 0.3) is 0 Å². The first-order valence-electron chi connectivity index (χ1n) is 6.81. The molecular weight excluding hydrogens is 281 g/mol. The number of rotatable bonds is 4. The first-order chi connectivity index (χ1) is 9.09. The fourth-order valence-corrected chi connectivity index (χ4v) is 2.99. The van der Waals surface area contributed by atoms with Crippen molar-refractivity contribution in [3.8, 4) is 0 Å². The number of ketones is 1. The number of nitrogens with zero attached hydrogens (tertiary/aromatic N) is 1. The van der Waals surface area contributed by atoms with E-state index in [1.165, 1.54) is 19.3 Å². The molecule has 4 heteroatoms. The molecule has 0 radical (unpaired) electrons. The van der Waals surface area contributed by atoms with Crippen LogP contribution in [-0.4, -0.2) is 29.8 Å². The van der Waals surface area contributed by atoms with Gasteiger partial charge in [-0.25, -0.2) is 0 Å². The molecule has 1 fully saturated rings. The molecule has 1 aliphatic rings. The Hall–Kier alpha value is -0.570. The van der Waals surface area contributed by atoms with Crippen molar-refractivity contribution >= 4 is 29.0 Å². The summed E-state index contributed by atoms with van der Waals surface area (Å²) in [6.07, 6.45) is 4.26. The normalized spacial score (nSPS) is 20.5. The van der Waals surface area contributed by atoms with E-state index in [4.69, 9.17) is 23.2 Å². The Balaban J connectivity index is 1.95. The molecule has 0 bridgehead atoms. The van der Waals surface area contributed by atoms with Crippen LogP contribution in [0.3, 0.4) is 0 Å². The Morgan fingerprint density at radius 1 is 1.37 bits per heavy atom. The summed E-state index contributed by atoms with van der Waals surface area (Å²) in [7, 11) is 0. The Morgan fingerprint density at radius 2 is 2.16 bits per heavy atom. The van der Waals surface area contributed by atoms with E-state index in [2.05, 4.69) is 11.8 Å². The van der Waals surface area contributed by atoms with Gasteiger partial charge in [0.2, 0.25) is 0 Å². The van der Waals surface area contributed by atoms with E-state index in [0.29, 0.717) is 28.1 Å². The zero-order valence-corrected chi connectivity index (χ0v) is 12.7. The summed E-state index contributed by atoms with van der Waals surface area (Å²) >= 11 is 12.0. The van der Waals surface area contributed by atoms with E-state index in [-0.39, 0.29) is 5.78 Å². The SMILES string of the molecule is CC1CCCCN1CCC(=O)c1cccc(Cl)c1Cl. The Bertz CT molecular complexity index is 461. The standard InChI is InChI=1S/C15H19Cl2NO/c1-11-5-2-3-9-18(11)10-8-14(19)12-6-4-7-13(16)15(12)17/h4,6-7,11H,2-3,5,8-10H2,1H3. The van der Waals surface area contributed by atoms with Gasteiger partial charge in [0.1, 0.15) is 0 Å². The Labute approximate surface area is 124 Å². The van der Waals surface area contributed by atoms with Crippen molar-refractivity contribution < 1.29 is 4.79 Å². The molecule has 1 aliphatic heterocycles. The van der Waals surface area contributed by atoms with Crippen LogP contribution in [-0.2, 0) is 0 Å². The van der Waals surface area contributed by atoms with Crippen molar-refractivity contribution in [1.82, 2.24) is 4.90 Å². The van der Waals surface area contributed by atoms with Crippen molar-refractivity contribution in [3.63, 3.8) is 0 Å². The second-order valence-corrected chi connectivity index (χ2v) is 5.94. The third-order valence-corrected chi connectivity index (χ3v) is 4.64. The summed E-state index contributed by atoms with van der Waals surface area (Å²) in [6, 6.07) is 5.80. The number of Topliss-reactive ketones (excluding diaryl/α,β-unsaturated/α-hetero) is 1. The number of halogens is 2. The summed E-state index contributed by atoms with van der Waals surface area (Å²) in [5.74, 6) is 0.0743. The summed E-state index contributed by atoms with van der Waals surface area (Å²) < 4.78 is 0. The summed E-state index contributed by atoms with van der Waals surface area (Å²) in [5, 5.41) is 0.819. The lowest BCUT2D eigenvalue weighted by molar-refractivity contribution is 0.0935. The van der Waals surface area contributed by atoms with Crippen LogP contribution in [0.4, 0.5) is 0 Å². The summed E-state index contributed by atoms with van der Waals surface area (Å²) in [4.78, 5) is 14.6. The zero-order chi connectivity index (χ0) is 13.8. The van der Waals surface area contributed by atoms with Gasteiger partial charge in [-0.1, -0.05) is 35.7 Å². The quantitative estimate of drug-likeness (QED) is 0.766. The lowest BCUT2D eigenvalue weighted by Crippen LogP contribution is -2.38. The minimum absolute atomic E-state index is 0.0743. The van der Waals surface area contributed by atoms with Crippen LogP contribution in [0.1, 0.15) is 43.0 Å². The number of piperidine rings is 1. The third-order valence-electron chi connectivity index (χ3n) is 3.82.